The van der Waals surface area contributed by atoms with Gasteiger partial charge in [0.1, 0.15) is 11.5 Å². The van der Waals surface area contributed by atoms with Crippen LogP contribution in [0.25, 0.3) is 0 Å². The first kappa shape index (κ1) is 20.6. The number of benzene rings is 1. The number of aromatic nitrogens is 2. The standard InChI is InChI=1S/C18H22ClN5O3/c1-24(2)8-4-7-20-17(25)15-10-22-16(11-21-15)23-14-9-12(18(26)27-3)5-6-13(14)19/h5-6,9-11H,4,7-8H2,1-3H3,(H,20,25)(H,22,23). The van der Waals surface area contributed by atoms with Crippen LogP contribution in [0, 0.1) is 0 Å². The number of hydrogen-bond donors (Lipinski definition) is 2. The summed E-state index contributed by atoms with van der Waals surface area (Å²) in [5, 5.41) is 6.18. The van der Waals surface area contributed by atoms with E-state index in [1.165, 1.54) is 19.5 Å². The first-order valence-corrected chi connectivity index (χ1v) is 8.68. The minimum atomic E-state index is -0.470. The molecule has 8 nitrogen and oxygen atoms in total. The van der Waals surface area contributed by atoms with Crippen molar-refractivity contribution in [2.24, 2.45) is 0 Å². The molecule has 0 bridgehead atoms. The molecule has 0 aliphatic rings. The second-order valence-corrected chi connectivity index (χ2v) is 6.42. The number of carbonyl (C=O) groups is 2. The van der Waals surface area contributed by atoms with Gasteiger partial charge in [0.25, 0.3) is 5.91 Å². The predicted octanol–water partition coefficient (Wildman–Crippen LogP) is 2.34. The molecule has 144 valence electrons. The van der Waals surface area contributed by atoms with E-state index in [9.17, 15) is 9.59 Å². The summed E-state index contributed by atoms with van der Waals surface area (Å²) < 4.78 is 4.69. The minimum absolute atomic E-state index is 0.222. The van der Waals surface area contributed by atoms with Crippen molar-refractivity contribution in [2.45, 2.75) is 6.42 Å². The van der Waals surface area contributed by atoms with Crippen LogP contribution in [0.4, 0.5) is 11.5 Å². The zero-order valence-electron chi connectivity index (χ0n) is 15.5. The minimum Gasteiger partial charge on any atom is -0.465 e. The Kier molecular flexibility index (Phi) is 7.51. The summed E-state index contributed by atoms with van der Waals surface area (Å²) in [5.74, 6) is -0.358. The number of hydrogen-bond acceptors (Lipinski definition) is 7. The van der Waals surface area contributed by atoms with Crippen LogP contribution in [0.15, 0.2) is 30.6 Å². The lowest BCUT2D eigenvalue weighted by Crippen LogP contribution is -2.27. The van der Waals surface area contributed by atoms with E-state index in [1.807, 2.05) is 19.0 Å². The molecule has 0 fully saturated rings. The van der Waals surface area contributed by atoms with Crippen molar-refractivity contribution >= 4 is 35.0 Å². The van der Waals surface area contributed by atoms with Crippen LogP contribution in [-0.2, 0) is 4.74 Å². The van der Waals surface area contributed by atoms with Crippen LogP contribution in [0.1, 0.15) is 27.3 Å². The molecular weight excluding hydrogens is 370 g/mol. The molecule has 1 heterocycles. The zero-order chi connectivity index (χ0) is 19.8. The van der Waals surface area contributed by atoms with E-state index in [4.69, 9.17) is 16.3 Å². The summed E-state index contributed by atoms with van der Waals surface area (Å²) in [6.07, 6.45) is 3.65. The van der Waals surface area contributed by atoms with E-state index in [2.05, 4.69) is 20.6 Å². The van der Waals surface area contributed by atoms with Gasteiger partial charge in [-0.2, -0.15) is 0 Å². The summed E-state index contributed by atoms with van der Waals surface area (Å²) in [7, 11) is 5.26. The summed E-state index contributed by atoms with van der Waals surface area (Å²) in [6, 6.07) is 4.70. The normalized spacial score (nSPS) is 10.6. The third-order valence-electron chi connectivity index (χ3n) is 3.60. The van der Waals surface area contributed by atoms with Gasteiger partial charge in [-0.05, 0) is 45.3 Å². The quantitative estimate of drug-likeness (QED) is 0.526. The van der Waals surface area contributed by atoms with Gasteiger partial charge in [-0.1, -0.05) is 11.6 Å². The molecule has 0 unspecified atom stereocenters. The summed E-state index contributed by atoms with van der Waals surface area (Å²) in [4.78, 5) is 34.0. The van der Waals surface area contributed by atoms with Crippen molar-refractivity contribution in [3.05, 3.63) is 46.9 Å². The highest BCUT2D eigenvalue weighted by molar-refractivity contribution is 6.33. The fourth-order valence-corrected chi connectivity index (χ4v) is 2.37. The second-order valence-electron chi connectivity index (χ2n) is 6.01. The van der Waals surface area contributed by atoms with E-state index in [-0.39, 0.29) is 11.6 Å². The molecular formula is C18H22ClN5O3. The van der Waals surface area contributed by atoms with Gasteiger partial charge in [-0.15, -0.1) is 0 Å². The topological polar surface area (TPSA) is 96.4 Å². The maximum atomic E-state index is 12.0. The highest BCUT2D eigenvalue weighted by atomic mass is 35.5. The van der Waals surface area contributed by atoms with Gasteiger partial charge in [-0.3, -0.25) is 4.79 Å². The van der Waals surface area contributed by atoms with Gasteiger partial charge in [0, 0.05) is 6.54 Å². The first-order valence-electron chi connectivity index (χ1n) is 8.30. The Hall–Kier alpha value is -2.71. The third kappa shape index (κ3) is 6.19. The monoisotopic (exact) mass is 391 g/mol. The largest absolute Gasteiger partial charge is 0.465 e. The lowest BCUT2D eigenvalue weighted by Gasteiger charge is -2.10. The van der Waals surface area contributed by atoms with Crippen molar-refractivity contribution in [1.82, 2.24) is 20.2 Å². The number of nitrogens with one attached hydrogen (secondary N) is 2. The van der Waals surface area contributed by atoms with E-state index < -0.39 is 5.97 Å². The van der Waals surface area contributed by atoms with Crippen molar-refractivity contribution in [1.29, 1.82) is 0 Å². The van der Waals surface area contributed by atoms with Crippen LogP contribution < -0.4 is 10.6 Å². The molecule has 1 amide bonds. The second kappa shape index (κ2) is 9.84. The summed E-state index contributed by atoms with van der Waals surface area (Å²) >= 11 is 6.14. The zero-order valence-corrected chi connectivity index (χ0v) is 16.2. The van der Waals surface area contributed by atoms with Crippen LogP contribution in [0.2, 0.25) is 5.02 Å². The number of esters is 1. The number of carbonyl (C=O) groups excluding carboxylic acids is 2. The van der Waals surface area contributed by atoms with Gasteiger partial charge >= 0.3 is 5.97 Å². The Morgan fingerprint density at radius 1 is 1.22 bits per heavy atom. The van der Waals surface area contributed by atoms with Gasteiger partial charge in [0.05, 0.1) is 35.8 Å². The molecule has 2 N–H and O–H groups in total. The Labute approximate surface area is 162 Å². The lowest BCUT2D eigenvalue weighted by molar-refractivity contribution is 0.0600. The lowest BCUT2D eigenvalue weighted by atomic mass is 10.2. The maximum Gasteiger partial charge on any atom is 0.337 e. The molecule has 0 saturated carbocycles. The number of ether oxygens (including phenoxy) is 1. The SMILES string of the molecule is COC(=O)c1ccc(Cl)c(Nc2cnc(C(=O)NCCCN(C)C)cn2)c1. The number of nitrogens with zero attached hydrogens (tertiary/aromatic N) is 3. The van der Waals surface area contributed by atoms with Gasteiger partial charge in [-0.25, -0.2) is 14.8 Å². The average Bonchev–Trinajstić information content (AvgIpc) is 2.66. The first-order chi connectivity index (χ1) is 12.9. The van der Waals surface area contributed by atoms with Gasteiger partial charge in [0.2, 0.25) is 0 Å². The van der Waals surface area contributed by atoms with Gasteiger partial charge in [0.15, 0.2) is 0 Å². The number of methoxy groups -OCH3 is 1. The Balaban J connectivity index is 1.99. The predicted molar refractivity (Wildman–Crippen MR) is 104 cm³/mol. The van der Waals surface area contributed by atoms with Crippen molar-refractivity contribution in [2.75, 3.05) is 39.6 Å². The number of halogens is 1. The molecule has 0 saturated heterocycles. The molecule has 9 heteroatoms. The molecule has 0 aliphatic heterocycles. The molecule has 0 radical (unpaired) electrons. The van der Waals surface area contributed by atoms with Crippen LogP contribution in [0.5, 0.6) is 0 Å². The molecule has 27 heavy (non-hydrogen) atoms. The van der Waals surface area contributed by atoms with Crippen molar-refractivity contribution in [3.63, 3.8) is 0 Å². The smallest absolute Gasteiger partial charge is 0.337 e. The van der Waals surface area contributed by atoms with E-state index >= 15 is 0 Å². The van der Waals surface area contributed by atoms with E-state index in [0.29, 0.717) is 28.6 Å². The molecule has 0 aliphatic carbocycles. The number of rotatable bonds is 8. The molecule has 1 aromatic heterocycles. The van der Waals surface area contributed by atoms with E-state index in [0.717, 1.165) is 13.0 Å². The summed E-state index contributed by atoms with van der Waals surface area (Å²) in [5.41, 5.74) is 1.06. The van der Waals surface area contributed by atoms with Crippen LogP contribution >= 0.6 is 11.6 Å². The average molecular weight is 392 g/mol. The Morgan fingerprint density at radius 2 is 2.00 bits per heavy atom. The highest BCUT2D eigenvalue weighted by Crippen LogP contribution is 2.26. The number of anilines is 2. The molecule has 0 atom stereocenters. The fourth-order valence-electron chi connectivity index (χ4n) is 2.20. The van der Waals surface area contributed by atoms with Gasteiger partial charge < -0.3 is 20.3 Å². The van der Waals surface area contributed by atoms with Crippen LogP contribution in [-0.4, -0.2) is 61.0 Å². The highest BCUT2D eigenvalue weighted by Gasteiger charge is 2.11. The summed E-state index contributed by atoms with van der Waals surface area (Å²) in [6.45, 7) is 1.45. The molecule has 0 spiro atoms. The molecule has 2 rings (SSSR count). The molecule has 2 aromatic rings. The molecule has 1 aromatic carbocycles. The maximum absolute atomic E-state index is 12.0. The Bertz CT molecular complexity index is 796. The Morgan fingerprint density at radius 3 is 2.63 bits per heavy atom. The number of amides is 1. The van der Waals surface area contributed by atoms with Crippen molar-refractivity contribution < 1.29 is 14.3 Å². The van der Waals surface area contributed by atoms with Crippen molar-refractivity contribution in [3.8, 4) is 0 Å². The van der Waals surface area contributed by atoms with E-state index in [1.54, 1.807) is 18.2 Å². The van der Waals surface area contributed by atoms with Crippen LogP contribution in [0.3, 0.4) is 0 Å². The third-order valence-corrected chi connectivity index (χ3v) is 3.93. The fraction of sp³-hybridized carbons (Fsp3) is 0.333.